The van der Waals surface area contributed by atoms with Crippen molar-refractivity contribution in [2.45, 2.75) is 6.10 Å². The highest BCUT2D eigenvalue weighted by molar-refractivity contribution is 6.31. The fraction of sp³-hybridized carbons (Fsp3) is 0.143. The van der Waals surface area contributed by atoms with Gasteiger partial charge in [-0.1, -0.05) is 47.5 Å². The number of halogens is 3. The van der Waals surface area contributed by atoms with Gasteiger partial charge in [0.2, 0.25) is 0 Å². The van der Waals surface area contributed by atoms with Crippen LogP contribution in [0.15, 0.2) is 42.5 Å². The lowest BCUT2D eigenvalue weighted by molar-refractivity contribution is 0.191. The van der Waals surface area contributed by atoms with Gasteiger partial charge in [-0.3, -0.25) is 0 Å². The molecule has 100 valence electrons. The van der Waals surface area contributed by atoms with Gasteiger partial charge in [0.1, 0.15) is 0 Å². The van der Waals surface area contributed by atoms with Gasteiger partial charge in [-0.2, -0.15) is 0 Å². The maximum atomic E-state index is 13.6. The third-order valence-electron chi connectivity index (χ3n) is 2.70. The highest BCUT2D eigenvalue weighted by Gasteiger charge is 2.12. The molecule has 2 aromatic rings. The Labute approximate surface area is 120 Å². The molecule has 5 heteroatoms. The van der Waals surface area contributed by atoms with E-state index >= 15 is 0 Å². The van der Waals surface area contributed by atoms with Crippen molar-refractivity contribution in [3.8, 4) is 0 Å². The van der Waals surface area contributed by atoms with E-state index < -0.39 is 11.9 Å². The van der Waals surface area contributed by atoms with E-state index in [2.05, 4.69) is 5.32 Å². The van der Waals surface area contributed by atoms with Crippen molar-refractivity contribution < 1.29 is 9.50 Å². The van der Waals surface area contributed by atoms with Crippen LogP contribution in [0.2, 0.25) is 10.0 Å². The molecule has 0 heterocycles. The van der Waals surface area contributed by atoms with Crippen LogP contribution in [0.1, 0.15) is 11.7 Å². The molecule has 0 fully saturated rings. The number of aliphatic hydroxyl groups is 1. The summed E-state index contributed by atoms with van der Waals surface area (Å²) in [5, 5.41) is 13.3. The molecule has 0 saturated heterocycles. The molecule has 1 unspecified atom stereocenters. The van der Waals surface area contributed by atoms with Crippen LogP contribution in [0.3, 0.4) is 0 Å². The van der Waals surface area contributed by atoms with Crippen molar-refractivity contribution in [3.05, 3.63) is 63.9 Å². The van der Waals surface area contributed by atoms with Crippen LogP contribution >= 0.6 is 23.2 Å². The average molecular weight is 300 g/mol. The predicted molar refractivity (Wildman–Crippen MR) is 76.3 cm³/mol. The summed E-state index contributed by atoms with van der Waals surface area (Å²) < 4.78 is 13.6. The van der Waals surface area contributed by atoms with Crippen LogP contribution in [0.4, 0.5) is 10.1 Å². The summed E-state index contributed by atoms with van der Waals surface area (Å²) in [7, 11) is 0. The molecule has 0 aliphatic heterocycles. The van der Waals surface area contributed by atoms with Gasteiger partial charge in [0.05, 0.1) is 16.8 Å². The van der Waals surface area contributed by atoms with Gasteiger partial charge in [-0.15, -0.1) is 0 Å². The fourth-order valence-corrected chi connectivity index (χ4v) is 2.14. The largest absolute Gasteiger partial charge is 0.387 e. The van der Waals surface area contributed by atoms with Gasteiger partial charge in [-0.05, 0) is 18.2 Å². The summed E-state index contributed by atoms with van der Waals surface area (Å²) in [6, 6.07) is 11.6. The minimum Gasteiger partial charge on any atom is -0.387 e. The first kappa shape index (κ1) is 14.1. The lowest BCUT2D eigenvalue weighted by atomic mass is 10.1. The standard InChI is InChI=1S/C14H12Cl2FNO/c15-10-5-2-1-4-9(10)13(19)8-18-12-7-3-6-11(16)14(12)17/h1-7,13,18-19H,8H2. The van der Waals surface area contributed by atoms with Gasteiger partial charge >= 0.3 is 0 Å². The molecule has 0 amide bonds. The SMILES string of the molecule is OC(CNc1cccc(Cl)c1F)c1ccccc1Cl. The molecule has 0 saturated carbocycles. The second kappa shape index (κ2) is 6.24. The lowest BCUT2D eigenvalue weighted by Gasteiger charge is -2.15. The summed E-state index contributed by atoms with van der Waals surface area (Å²) in [6.45, 7) is 0.140. The molecule has 0 aliphatic rings. The Morgan fingerprint density at radius 3 is 2.47 bits per heavy atom. The first-order valence-corrected chi connectivity index (χ1v) is 6.45. The molecule has 0 aliphatic carbocycles. The lowest BCUT2D eigenvalue weighted by Crippen LogP contribution is -2.13. The van der Waals surface area contributed by atoms with Crippen molar-refractivity contribution in [2.24, 2.45) is 0 Å². The predicted octanol–water partition coefficient (Wildman–Crippen LogP) is 4.28. The number of anilines is 1. The molecule has 0 radical (unpaired) electrons. The smallest absolute Gasteiger partial charge is 0.164 e. The van der Waals surface area contributed by atoms with E-state index in [4.69, 9.17) is 23.2 Å². The monoisotopic (exact) mass is 299 g/mol. The van der Waals surface area contributed by atoms with Crippen LogP contribution in [0, 0.1) is 5.82 Å². The molecule has 2 aromatic carbocycles. The van der Waals surface area contributed by atoms with Crippen LogP contribution < -0.4 is 5.32 Å². The first-order valence-electron chi connectivity index (χ1n) is 5.70. The zero-order chi connectivity index (χ0) is 13.8. The second-order valence-corrected chi connectivity index (χ2v) is 4.83. The zero-order valence-corrected chi connectivity index (χ0v) is 11.4. The molecule has 2 N–H and O–H groups in total. The third kappa shape index (κ3) is 3.38. The summed E-state index contributed by atoms with van der Waals surface area (Å²) in [5.74, 6) is -0.532. The van der Waals surface area contributed by atoms with Crippen molar-refractivity contribution >= 4 is 28.9 Å². The maximum absolute atomic E-state index is 13.6. The number of benzene rings is 2. The van der Waals surface area contributed by atoms with Crippen molar-refractivity contribution in [1.82, 2.24) is 0 Å². The fourth-order valence-electron chi connectivity index (χ4n) is 1.70. The highest BCUT2D eigenvalue weighted by Crippen LogP contribution is 2.25. The summed E-state index contributed by atoms with van der Waals surface area (Å²) in [6.07, 6.45) is -0.827. The number of hydrogen-bond donors (Lipinski definition) is 2. The van der Waals surface area contributed by atoms with Crippen LogP contribution in [-0.2, 0) is 0 Å². The molecule has 0 spiro atoms. The average Bonchev–Trinajstić information content (AvgIpc) is 2.40. The van der Waals surface area contributed by atoms with E-state index in [0.717, 1.165) is 0 Å². The van der Waals surface area contributed by atoms with E-state index in [1.54, 1.807) is 36.4 Å². The highest BCUT2D eigenvalue weighted by atomic mass is 35.5. The van der Waals surface area contributed by atoms with Crippen molar-refractivity contribution in [3.63, 3.8) is 0 Å². The van der Waals surface area contributed by atoms with Gasteiger partial charge in [0.15, 0.2) is 5.82 Å². The summed E-state index contributed by atoms with van der Waals surface area (Å²) in [4.78, 5) is 0. The van der Waals surface area contributed by atoms with E-state index in [0.29, 0.717) is 10.6 Å². The number of nitrogens with one attached hydrogen (secondary N) is 1. The molecule has 2 nitrogen and oxygen atoms in total. The van der Waals surface area contributed by atoms with Gasteiger partial charge in [0.25, 0.3) is 0 Å². The van der Waals surface area contributed by atoms with Gasteiger partial charge in [0, 0.05) is 17.1 Å². The van der Waals surface area contributed by atoms with Crippen LogP contribution in [-0.4, -0.2) is 11.7 Å². The summed E-state index contributed by atoms with van der Waals surface area (Å²) >= 11 is 11.6. The third-order valence-corrected chi connectivity index (χ3v) is 3.34. The Bertz CT molecular complexity index is 577. The van der Waals surface area contributed by atoms with E-state index in [-0.39, 0.29) is 17.3 Å². The maximum Gasteiger partial charge on any atom is 0.164 e. The Kier molecular flexibility index (Phi) is 4.64. The number of rotatable bonds is 4. The zero-order valence-electron chi connectivity index (χ0n) is 9.91. The summed E-state index contributed by atoms with van der Waals surface area (Å²) in [5.41, 5.74) is 0.845. The molecule has 19 heavy (non-hydrogen) atoms. The minimum atomic E-state index is -0.827. The van der Waals surface area contributed by atoms with E-state index in [9.17, 15) is 9.50 Å². The van der Waals surface area contributed by atoms with Crippen LogP contribution in [0.5, 0.6) is 0 Å². The van der Waals surface area contributed by atoms with Crippen molar-refractivity contribution in [2.75, 3.05) is 11.9 Å². The second-order valence-electron chi connectivity index (χ2n) is 4.02. The van der Waals surface area contributed by atoms with E-state index in [1.165, 1.54) is 6.07 Å². The molecule has 0 bridgehead atoms. The number of aliphatic hydroxyl groups excluding tert-OH is 1. The minimum absolute atomic E-state index is 0.0391. The quantitative estimate of drug-likeness (QED) is 0.883. The molecule has 2 rings (SSSR count). The molecule has 0 aromatic heterocycles. The van der Waals surface area contributed by atoms with Gasteiger partial charge < -0.3 is 10.4 Å². The molecular weight excluding hydrogens is 288 g/mol. The molecular formula is C14H12Cl2FNO. The van der Waals surface area contributed by atoms with Crippen molar-refractivity contribution in [1.29, 1.82) is 0 Å². The molecule has 1 atom stereocenters. The van der Waals surface area contributed by atoms with E-state index in [1.807, 2.05) is 0 Å². The normalized spacial score (nSPS) is 12.2. The Hall–Kier alpha value is -1.29. The Balaban J connectivity index is 2.07. The Morgan fingerprint density at radius 1 is 1.05 bits per heavy atom. The number of hydrogen-bond acceptors (Lipinski definition) is 2. The topological polar surface area (TPSA) is 32.3 Å². The van der Waals surface area contributed by atoms with Crippen LogP contribution in [0.25, 0.3) is 0 Å². The Morgan fingerprint density at radius 2 is 1.74 bits per heavy atom. The van der Waals surface area contributed by atoms with Gasteiger partial charge in [-0.25, -0.2) is 4.39 Å². The first-order chi connectivity index (χ1) is 9.09.